The molecule has 5 heteroatoms. The zero-order valence-corrected chi connectivity index (χ0v) is 10.7. The van der Waals surface area contributed by atoms with Gasteiger partial charge in [-0.1, -0.05) is 12.1 Å². The number of rotatable bonds is 3. The third-order valence-corrected chi connectivity index (χ3v) is 3.16. The van der Waals surface area contributed by atoms with Crippen LogP contribution in [0.3, 0.4) is 0 Å². The van der Waals surface area contributed by atoms with E-state index in [1.54, 1.807) is 27.6 Å². The third kappa shape index (κ3) is 1.93. The predicted molar refractivity (Wildman–Crippen MR) is 73.0 cm³/mol. The molecular formula is C14H14N4O. The van der Waals surface area contributed by atoms with Crippen molar-refractivity contribution < 1.29 is 0 Å². The van der Waals surface area contributed by atoms with Crippen LogP contribution in [0.1, 0.15) is 12.7 Å². The summed E-state index contributed by atoms with van der Waals surface area (Å²) in [5, 5.41) is 0. The molecule has 0 spiro atoms. The summed E-state index contributed by atoms with van der Waals surface area (Å²) in [6, 6.07) is 9.55. The van der Waals surface area contributed by atoms with Crippen molar-refractivity contribution in [3.63, 3.8) is 0 Å². The Balaban J connectivity index is 2.19. The van der Waals surface area contributed by atoms with E-state index in [4.69, 9.17) is 0 Å². The van der Waals surface area contributed by atoms with Gasteiger partial charge in [0.25, 0.3) is 0 Å². The number of imidazole rings is 1. The van der Waals surface area contributed by atoms with E-state index in [0.29, 0.717) is 18.9 Å². The number of hydrogen-bond donors (Lipinski definition) is 0. The molecule has 0 fully saturated rings. The van der Waals surface area contributed by atoms with Crippen molar-refractivity contribution in [2.24, 2.45) is 0 Å². The molecule has 96 valence electrons. The molecule has 1 aromatic carbocycles. The molecule has 0 N–H and O–H groups in total. The second-order valence-electron chi connectivity index (χ2n) is 4.27. The lowest BCUT2D eigenvalue weighted by Gasteiger charge is -2.01. The second-order valence-corrected chi connectivity index (χ2v) is 4.27. The van der Waals surface area contributed by atoms with E-state index in [1.165, 1.54) is 0 Å². The fourth-order valence-corrected chi connectivity index (χ4v) is 2.28. The number of para-hydroxylation sites is 2. The van der Waals surface area contributed by atoms with Gasteiger partial charge in [0.1, 0.15) is 5.82 Å². The lowest BCUT2D eigenvalue weighted by Crippen LogP contribution is -2.24. The van der Waals surface area contributed by atoms with Crippen molar-refractivity contribution in [1.29, 1.82) is 0 Å². The number of hydrogen-bond acceptors (Lipinski definition) is 3. The SMILES string of the molecule is CCn1c(=O)n(Cc2ncccn2)c2ccccc21. The Labute approximate surface area is 110 Å². The lowest BCUT2D eigenvalue weighted by molar-refractivity contribution is 0.667. The fraction of sp³-hybridized carbons (Fsp3) is 0.214. The molecule has 0 aliphatic carbocycles. The highest BCUT2D eigenvalue weighted by Gasteiger charge is 2.12. The maximum absolute atomic E-state index is 12.4. The lowest BCUT2D eigenvalue weighted by atomic mass is 10.3. The molecule has 0 bridgehead atoms. The molecule has 3 aromatic rings. The zero-order chi connectivity index (χ0) is 13.2. The van der Waals surface area contributed by atoms with Crippen LogP contribution in [0.2, 0.25) is 0 Å². The molecule has 0 amide bonds. The van der Waals surface area contributed by atoms with Crippen molar-refractivity contribution in [3.05, 3.63) is 59.0 Å². The zero-order valence-electron chi connectivity index (χ0n) is 10.7. The van der Waals surface area contributed by atoms with Gasteiger partial charge in [-0.25, -0.2) is 14.8 Å². The maximum atomic E-state index is 12.4. The van der Waals surface area contributed by atoms with Crippen LogP contribution in [0, 0.1) is 0 Å². The van der Waals surface area contributed by atoms with E-state index in [0.717, 1.165) is 11.0 Å². The van der Waals surface area contributed by atoms with Crippen molar-refractivity contribution >= 4 is 11.0 Å². The summed E-state index contributed by atoms with van der Waals surface area (Å²) < 4.78 is 3.48. The van der Waals surface area contributed by atoms with E-state index in [9.17, 15) is 4.79 Å². The Morgan fingerprint density at radius 1 is 1.00 bits per heavy atom. The smallest absolute Gasteiger partial charge is 0.292 e. The van der Waals surface area contributed by atoms with Crippen LogP contribution in [0.15, 0.2) is 47.5 Å². The third-order valence-electron chi connectivity index (χ3n) is 3.16. The van der Waals surface area contributed by atoms with Crippen LogP contribution in [0.5, 0.6) is 0 Å². The van der Waals surface area contributed by atoms with Gasteiger partial charge in [0, 0.05) is 18.9 Å². The van der Waals surface area contributed by atoms with Gasteiger partial charge in [-0.05, 0) is 25.1 Å². The molecule has 0 aliphatic heterocycles. The highest BCUT2D eigenvalue weighted by Crippen LogP contribution is 2.13. The van der Waals surface area contributed by atoms with Gasteiger partial charge < -0.3 is 0 Å². The van der Waals surface area contributed by atoms with Gasteiger partial charge in [0.15, 0.2) is 0 Å². The van der Waals surface area contributed by atoms with Crippen molar-refractivity contribution in [1.82, 2.24) is 19.1 Å². The molecule has 0 unspecified atom stereocenters. The molecule has 0 aliphatic rings. The predicted octanol–water partition coefficient (Wildman–Crippen LogP) is 1.66. The average molecular weight is 254 g/mol. The Morgan fingerprint density at radius 2 is 1.63 bits per heavy atom. The summed E-state index contributed by atoms with van der Waals surface area (Å²) in [4.78, 5) is 20.7. The minimum atomic E-state index is -0.0175. The van der Waals surface area contributed by atoms with Gasteiger partial charge in [-0.2, -0.15) is 0 Å². The molecule has 19 heavy (non-hydrogen) atoms. The van der Waals surface area contributed by atoms with Gasteiger partial charge in [0.2, 0.25) is 0 Å². The van der Waals surface area contributed by atoms with E-state index < -0.39 is 0 Å². The quantitative estimate of drug-likeness (QED) is 0.714. The Hall–Kier alpha value is -2.43. The normalized spacial score (nSPS) is 11.0. The van der Waals surface area contributed by atoms with E-state index in [2.05, 4.69) is 9.97 Å². The number of benzene rings is 1. The summed E-state index contributed by atoms with van der Waals surface area (Å²) in [6.07, 6.45) is 3.37. The molecule has 0 saturated heterocycles. The van der Waals surface area contributed by atoms with E-state index in [1.807, 2.05) is 31.2 Å². The first-order chi connectivity index (χ1) is 9.31. The van der Waals surface area contributed by atoms with E-state index in [-0.39, 0.29) is 5.69 Å². The molecule has 5 nitrogen and oxygen atoms in total. The number of aromatic nitrogens is 4. The van der Waals surface area contributed by atoms with Crippen LogP contribution in [0.25, 0.3) is 11.0 Å². The highest BCUT2D eigenvalue weighted by atomic mass is 16.1. The minimum Gasteiger partial charge on any atom is -0.292 e. The molecule has 2 aromatic heterocycles. The van der Waals surface area contributed by atoms with Crippen LogP contribution in [0.4, 0.5) is 0 Å². The van der Waals surface area contributed by atoms with Crippen molar-refractivity contribution in [3.8, 4) is 0 Å². The molecule has 3 rings (SSSR count). The molecule has 0 saturated carbocycles. The van der Waals surface area contributed by atoms with Crippen LogP contribution < -0.4 is 5.69 Å². The Kier molecular flexibility index (Phi) is 2.87. The highest BCUT2D eigenvalue weighted by molar-refractivity contribution is 5.76. The number of nitrogens with zero attached hydrogens (tertiary/aromatic N) is 4. The van der Waals surface area contributed by atoms with Gasteiger partial charge in [-0.3, -0.25) is 9.13 Å². The fourth-order valence-electron chi connectivity index (χ4n) is 2.28. The largest absolute Gasteiger partial charge is 0.329 e. The summed E-state index contributed by atoms with van der Waals surface area (Å²) >= 11 is 0. The average Bonchev–Trinajstić information content (AvgIpc) is 2.73. The monoisotopic (exact) mass is 254 g/mol. The van der Waals surface area contributed by atoms with Crippen LogP contribution >= 0.6 is 0 Å². The summed E-state index contributed by atoms with van der Waals surface area (Å²) in [5.41, 5.74) is 1.85. The second kappa shape index (κ2) is 4.68. The first-order valence-electron chi connectivity index (χ1n) is 6.25. The van der Waals surface area contributed by atoms with Crippen LogP contribution in [-0.2, 0) is 13.1 Å². The number of fused-ring (bicyclic) bond motifs is 1. The molecule has 2 heterocycles. The molecule has 0 atom stereocenters. The van der Waals surface area contributed by atoms with E-state index >= 15 is 0 Å². The molecule has 0 radical (unpaired) electrons. The summed E-state index contributed by atoms with van der Waals surface area (Å²) in [5.74, 6) is 0.642. The number of aryl methyl sites for hydroxylation is 1. The summed E-state index contributed by atoms with van der Waals surface area (Å²) in [6.45, 7) is 3.02. The molecular weight excluding hydrogens is 240 g/mol. The van der Waals surface area contributed by atoms with Gasteiger partial charge in [0.05, 0.1) is 17.6 Å². The maximum Gasteiger partial charge on any atom is 0.329 e. The minimum absolute atomic E-state index is 0.0175. The van der Waals surface area contributed by atoms with Crippen molar-refractivity contribution in [2.75, 3.05) is 0 Å². The van der Waals surface area contributed by atoms with Gasteiger partial charge >= 0.3 is 5.69 Å². The first kappa shape index (κ1) is 11.6. The van der Waals surface area contributed by atoms with Gasteiger partial charge in [-0.15, -0.1) is 0 Å². The van der Waals surface area contributed by atoms with Crippen LogP contribution in [-0.4, -0.2) is 19.1 Å². The topological polar surface area (TPSA) is 52.7 Å². The van der Waals surface area contributed by atoms with Crippen molar-refractivity contribution in [2.45, 2.75) is 20.0 Å². The Morgan fingerprint density at radius 3 is 2.26 bits per heavy atom. The summed E-state index contributed by atoms with van der Waals surface area (Å²) in [7, 11) is 0. The Bertz CT molecular complexity index is 758. The first-order valence-corrected chi connectivity index (χ1v) is 6.25. The standard InChI is InChI=1S/C14H14N4O/c1-2-17-11-6-3-4-7-12(11)18(14(17)19)10-13-15-8-5-9-16-13/h3-9H,2,10H2,1H3.